The Morgan fingerprint density at radius 3 is 2.59 bits per heavy atom. The second-order valence-electron chi connectivity index (χ2n) is 11.1. The number of aromatic nitrogens is 3. The van der Waals surface area contributed by atoms with E-state index in [9.17, 15) is 18.0 Å². The monoisotopic (exact) mass is 637 g/mol. The summed E-state index contributed by atoms with van der Waals surface area (Å²) in [6, 6.07) is 20.5. The van der Waals surface area contributed by atoms with Gasteiger partial charge in [-0.15, -0.1) is 0 Å². The first kappa shape index (κ1) is 33.2. The zero-order valence-electron chi connectivity index (χ0n) is 26.0. The van der Waals surface area contributed by atoms with Gasteiger partial charge in [-0.1, -0.05) is 49.4 Å². The summed E-state index contributed by atoms with van der Waals surface area (Å²) in [6.07, 6.45) is 0.595. The van der Waals surface area contributed by atoms with Gasteiger partial charge in [-0.25, -0.2) is 14.5 Å². The molecule has 8 nitrogen and oxygen atoms in total. The summed E-state index contributed by atoms with van der Waals surface area (Å²) in [5.41, 5.74) is 1.51. The number of carbonyl (C=O) groups is 1. The maximum absolute atomic E-state index is 14.1. The van der Waals surface area contributed by atoms with Gasteiger partial charge in [0.15, 0.2) is 17.8 Å². The molecule has 0 aliphatic carbocycles. The van der Waals surface area contributed by atoms with Crippen molar-refractivity contribution in [2.75, 3.05) is 26.4 Å². The predicted octanol–water partition coefficient (Wildman–Crippen LogP) is 7.79. The Kier molecular flexibility index (Phi) is 11.1. The lowest BCUT2D eigenvalue weighted by molar-refractivity contribution is -0.163. The molecular formula is C35H38F3N3O5. The highest BCUT2D eigenvalue weighted by Gasteiger charge is 2.41. The average molecular weight is 638 g/mol. The third kappa shape index (κ3) is 8.32. The third-order valence-electron chi connectivity index (χ3n) is 7.72. The van der Waals surface area contributed by atoms with Crippen molar-refractivity contribution in [3.63, 3.8) is 0 Å². The van der Waals surface area contributed by atoms with Gasteiger partial charge in [0.25, 0.3) is 0 Å². The molecule has 0 saturated carbocycles. The SMILES string of the molecule is CCOC(=O)c1cnn(-c2cccc(-c3ccccc3C(C)Cc3ccc(OCCCOC4CCCCO4)cc3)n2)c1C(F)(F)F. The normalized spacial score (nSPS) is 15.8. The number of hydrogen-bond donors (Lipinski definition) is 0. The predicted molar refractivity (Wildman–Crippen MR) is 166 cm³/mol. The number of pyridine rings is 1. The molecule has 2 unspecified atom stereocenters. The van der Waals surface area contributed by atoms with Crippen LogP contribution in [-0.4, -0.2) is 53.5 Å². The molecule has 1 aliphatic heterocycles. The van der Waals surface area contributed by atoms with E-state index in [1.807, 2.05) is 48.5 Å². The van der Waals surface area contributed by atoms with Gasteiger partial charge in [0, 0.05) is 18.6 Å². The first-order chi connectivity index (χ1) is 22.2. The average Bonchev–Trinajstić information content (AvgIpc) is 3.53. The lowest BCUT2D eigenvalue weighted by Gasteiger charge is -2.22. The number of benzene rings is 2. The minimum Gasteiger partial charge on any atom is -0.494 e. The van der Waals surface area contributed by atoms with Crippen LogP contribution in [0.15, 0.2) is 72.9 Å². The number of ether oxygens (including phenoxy) is 4. The molecular weight excluding hydrogens is 599 g/mol. The van der Waals surface area contributed by atoms with Crippen LogP contribution in [0.5, 0.6) is 5.75 Å². The fraction of sp³-hybridized carbons (Fsp3) is 0.400. The van der Waals surface area contributed by atoms with Crippen molar-refractivity contribution in [1.82, 2.24) is 14.8 Å². The van der Waals surface area contributed by atoms with Gasteiger partial charge in [-0.05, 0) is 73.9 Å². The summed E-state index contributed by atoms with van der Waals surface area (Å²) in [6.45, 7) is 5.47. The molecule has 2 aromatic carbocycles. The number of carbonyl (C=O) groups excluding carboxylic acids is 1. The highest BCUT2D eigenvalue weighted by molar-refractivity contribution is 5.90. The Morgan fingerprint density at radius 2 is 1.85 bits per heavy atom. The summed E-state index contributed by atoms with van der Waals surface area (Å²) in [7, 11) is 0. The molecule has 2 aromatic heterocycles. The summed E-state index contributed by atoms with van der Waals surface area (Å²) >= 11 is 0. The topological polar surface area (TPSA) is 84.7 Å². The molecule has 1 aliphatic rings. The second kappa shape index (κ2) is 15.4. The standard InChI is InChI=1S/C35H38F3N3O5/c1-3-43-34(42)29-23-39-41(33(29)35(36,37)38)31-13-8-12-30(40-31)28-11-5-4-10-27(28)24(2)22-25-15-17-26(18-16-25)44-20-9-21-46-32-14-6-7-19-45-32/h4-5,8,10-13,15-18,23-24,32H,3,6-7,9,14,19-22H2,1-2H3. The molecule has 244 valence electrons. The molecule has 1 saturated heterocycles. The van der Waals surface area contributed by atoms with E-state index in [0.29, 0.717) is 23.6 Å². The van der Waals surface area contributed by atoms with Crippen LogP contribution in [0.1, 0.15) is 72.6 Å². The van der Waals surface area contributed by atoms with Crippen LogP contribution >= 0.6 is 0 Å². The third-order valence-corrected chi connectivity index (χ3v) is 7.72. The Balaban J connectivity index is 1.26. The van der Waals surface area contributed by atoms with Crippen LogP contribution in [0.2, 0.25) is 0 Å². The quantitative estimate of drug-likeness (QED) is 0.109. The number of alkyl halides is 3. The van der Waals surface area contributed by atoms with Crippen molar-refractivity contribution in [2.24, 2.45) is 0 Å². The summed E-state index contributed by atoms with van der Waals surface area (Å²) in [5, 5.41) is 3.87. The van der Waals surface area contributed by atoms with Gasteiger partial charge in [0.2, 0.25) is 0 Å². The molecule has 46 heavy (non-hydrogen) atoms. The molecule has 0 spiro atoms. The molecule has 5 rings (SSSR count). The van der Waals surface area contributed by atoms with Gasteiger partial charge in [0.05, 0.1) is 31.7 Å². The van der Waals surface area contributed by atoms with E-state index >= 15 is 0 Å². The molecule has 4 aromatic rings. The fourth-order valence-electron chi connectivity index (χ4n) is 5.50. The highest BCUT2D eigenvalue weighted by atomic mass is 19.4. The molecule has 2 atom stereocenters. The largest absolute Gasteiger partial charge is 0.494 e. The molecule has 0 N–H and O–H groups in total. The number of halogens is 3. The number of hydrogen-bond acceptors (Lipinski definition) is 7. The van der Waals surface area contributed by atoms with Gasteiger partial charge in [0.1, 0.15) is 11.3 Å². The molecule has 1 fully saturated rings. The van der Waals surface area contributed by atoms with Crippen molar-refractivity contribution in [2.45, 2.75) is 64.3 Å². The Labute approximate surface area is 266 Å². The number of nitrogens with zero attached hydrogens (tertiary/aromatic N) is 3. The number of rotatable bonds is 13. The zero-order valence-corrected chi connectivity index (χ0v) is 26.0. The minimum atomic E-state index is -4.86. The molecule has 0 bridgehead atoms. The van der Waals surface area contributed by atoms with Crippen molar-refractivity contribution >= 4 is 5.97 Å². The lowest BCUT2D eigenvalue weighted by atomic mass is 9.89. The van der Waals surface area contributed by atoms with Crippen molar-refractivity contribution in [3.8, 4) is 22.8 Å². The van der Waals surface area contributed by atoms with Crippen LogP contribution in [-0.2, 0) is 26.8 Å². The molecule has 0 amide bonds. The first-order valence-corrected chi connectivity index (χ1v) is 15.6. The Bertz CT molecular complexity index is 1580. The van der Waals surface area contributed by atoms with Gasteiger partial charge < -0.3 is 18.9 Å². The summed E-state index contributed by atoms with van der Waals surface area (Å²) < 4.78 is 65.0. The van der Waals surface area contributed by atoms with E-state index in [4.69, 9.17) is 18.9 Å². The van der Waals surface area contributed by atoms with Crippen LogP contribution in [0.25, 0.3) is 17.1 Å². The van der Waals surface area contributed by atoms with Crippen LogP contribution < -0.4 is 4.74 Å². The lowest BCUT2D eigenvalue weighted by Crippen LogP contribution is -2.23. The van der Waals surface area contributed by atoms with Crippen LogP contribution in [0, 0.1) is 0 Å². The smallest absolute Gasteiger partial charge is 0.434 e. The molecule has 3 heterocycles. The van der Waals surface area contributed by atoms with Crippen LogP contribution in [0.4, 0.5) is 13.2 Å². The first-order valence-electron chi connectivity index (χ1n) is 15.6. The van der Waals surface area contributed by atoms with E-state index in [0.717, 1.165) is 67.3 Å². The minimum absolute atomic E-state index is 0.0609. The van der Waals surface area contributed by atoms with Crippen molar-refractivity contribution in [1.29, 1.82) is 0 Å². The zero-order chi connectivity index (χ0) is 32.5. The second-order valence-corrected chi connectivity index (χ2v) is 11.1. The maximum Gasteiger partial charge on any atom is 0.434 e. The Morgan fingerprint density at radius 1 is 1.04 bits per heavy atom. The van der Waals surface area contributed by atoms with Gasteiger partial charge in [-0.2, -0.15) is 18.3 Å². The van der Waals surface area contributed by atoms with Gasteiger partial charge in [-0.3, -0.25) is 0 Å². The van der Waals surface area contributed by atoms with Crippen LogP contribution in [0.3, 0.4) is 0 Å². The molecule has 11 heteroatoms. The fourth-order valence-corrected chi connectivity index (χ4v) is 5.50. The molecule has 0 radical (unpaired) electrons. The number of esters is 1. The van der Waals surface area contributed by atoms with E-state index in [-0.39, 0.29) is 24.6 Å². The van der Waals surface area contributed by atoms with Gasteiger partial charge >= 0.3 is 12.1 Å². The highest BCUT2D eigenvalue weighted by Crippen LogP contribution is 2.35. The maximum atomic E-state index is 14.1. The summed E-state index contributed by atoms with van der Waals surface area (Å²) in [4.78, 5) is 16.8. The van der Waals surface area contributed by atoms with E-state index in [1.54, 1.807) is 12.1 Å². The van der Waals surface area contributed by atoms with Crippen molar-refractivity contribution < 1.29 is 36.9 Å². The Hall–Kier alpha value is -4.22. The van der Waals surface area contributed by atoms with E-state index < -0.39 is 23.4 Å². The summed E-state index contributed by atoms with van der Waals surface area (Å²) in [5.74, 6) is -0.300. The van der Waals surface area contributed by atoms with E-state index in [1.165, 1.54) is 13.0 Å². The van der Waals surface area contributed by atoms with Crippen molar-refractivity contribution in [3.05, 3.63) is 95.3 Å². The van der Waals surface area contributed by atoms with E-state index in [2.05, 4.69) is 17.0 Å².